The third-order valence-electron chi connectivity index (χ3n) is 3.40. The summed E-state index contributed by atoms with van der Waals surface area (Å²) >= 11 is 0. The first-order chi connectivity index (χ1) is 12.0. The molecule has 0 radical (unpaired) electrons. The van der Waals surface area contributed by atoms with Crippen molar-refractivity contribution in [1.82, 2.24) is 0 Å². The molecule has 2 aromatic carbocycles. The van der Waals surface area contributed by atoms with Crippen LogP contribution in [0.15, 0.2) is 54.6 Å². The van der Waals surface area contributed by atoms with Crippen LogP contribution in [0.25, 0.3) is 23.1 Å². The number of fused-ring (bicyclic) bond motifs is 1. The first-order valence-corrected chi connectivity index (χ1v) is 7.81. The van der Waals surface area contributed by atoms with Crippen molar-refractivity contribution >= 4 is 29.0 Å². The number of aromatic amines is 1. The molecule has 0 saturated carbocycles. The zero-order valence-electron chi connectivity index (χ0n) is 14.2. The summed E-state index contributed by atoms with van der Waals surface area (Å²) < 4.78 is 0. The Kier molecular flexibility index (Phi) is 8.28. The van der Waals surface area contributed by atoms with E-state index in [-0.39, 0.29) is 30.3 Å². The minimum absolute atomic E-state index is 0. The molecule has 0 unspecified atom stereocenters. The maximum absolute atomic E-state index is 10.8. The number of phenolic OH excluding ortho intramolecular Hbond substituents is 1. The lowest BCUT2D eigenvalue weighted by molar-refractivity contribution is -0.348. The molecule has 136 valence electrons. The molecule has 4 N–H and O–H groups in total. The molecule has 6 heteroatoms. The van der Waals surface area contributed by atoms with Gasteiger partial charge in [-0.15, -0.1) is 0 Å². The van der Waals surface area contributed by atoms with Gasteiger partial charge >= 0.3 is 5.97 Å². The molecule has 0 aliphatic rings. The zero-order valence-corrected chi connectivity index (χ0v) is 14.9. The van der Waals surface area contributed by atoms with Crippen molar-refractivity contribution < 1.29 is 37.5 Å². The number of carboxylic acid groups (broad SMARTS) is 1. The number of carboxylic acids is 1. The standard InChI is InChI=1S/C18H13NO3.C2H6O.ClH/c20-16-3-1-2-13-9-11-15(19-17(13)16)10-6-12-4-7-14(8-5-12)18(21)22;1-2-3;/h1-11,20H,(H,21,22);3H,2H2,1H3;1H/b10-6+;;. The van der Waals surface area contributed by atoms with Gasteiger partial charge in [-0.25, -0.2) is 9.78 Å². The molecular weight excluding hydrogens is 354 g/mol. The Hall–Kier alpha value is -2.89. The third-order valence-corrected chi connectivity index (χ3v) is 3.40. The second-order valence-electron chi connectivity index (χ2n) is 5.23. The van der Waals surface area contributed by atoms with Gasteiger partial charge in [0.15, 0.2) is 5.75 Å². The number of aromatic carboxylic acids is 1. The molecule has 0 aliphatic carbocycles. The van der Waals surface area contributed by atoms with Crippen LogP contribution < -0.4 is 17.4 Å². The van der Waals surface area contributed by atoms with Gasteiger partial charge in [0, 0.05) is 18.7 Å². The number of nitrogens with one attached hydrogen (secondary N) is 1. The van der Waals surface area contributed by atoms with Crippen LogP contribution in [-0.2, 0) is 0 Å². The monoisotopic (exact) mass is 373 g/mol. The van der Waals surface area contributed by atoms with Gasteiger partial charge in [-0.05, 0) is 48.9 Å². The fourth-order valence-electron chi connectivity index (χ4n) is 2.22. The van der Waals surface area contributed by atoms with Crippen LogP contribution in [0.4, 0.5) is 0 Å². The first kappa shape index (κ1) is 21.2. The number of halogens is 1. The van der Waals surface area contributed by atoms with Crippen LogP contribution in [0, 0.1) is 0 Å². The van der Waals surface area contributed by atoms with Crippen LogP contribution in [0.1, 0.15) is 28.5 Å². The Morgan fingerprint density at radius 2 is 1.69 bits per heavy atom. The molecule has 0 bridgehead atoms. The normalized spacial score (nSPS) is 10.1. The SMILES string of the molecule is CCO.O=C(O)c1ccc(/C=C/c2ccc3cccc(O)c3[nH+]2)cc1.[Cl-]. The molecule has 1 aromatic heterocycles. The second kappa shape index (κ2) is 10.2. The van der Waals surface area contributed by atoms with Crippen molar-refractivity contribution in [3.63, 3.8) is 0 Å². The van der Waals surface area contributed by atoms with Crippen LogP contribution in [0.5, 0.6) is 5.75 Å². The summed E-state index contributed by atoms with van der Waals surface area (Å²) in [6.45, 7) is 1.93. The topological polar surface area (TPSA) is 91.9 Å². The van der Waals surface area contributed by atoms with E-state index in [0.29, 0.717) is 5.52 Å². The van der Waals surface area contributed by atoms with Gasteiger partial charge < -0.3 is 27.7 Å². The van der Waals surface area contributed by atoms with Gasteiger partial charge in [0.1, 0.15) is 0 Å². The Balaban J connectivity index is 0.000000791. The van der Waals surface area contributed by atoms with Gasteiger partial charge in [0.2, 0.25) is 5.69 Å². The number of hydrogen-bond acceptors (Lipinski definition) is 3. The third kappa shape index (κ3) is 5.58. The summed E-state index contributed by atoms with van der Waals surface area (Å²) in [7, 11) is 0. The van der Waals surface area contributed by atoms with E-state index in [9.17, 15) is 9.90 Å². The predicted molar refractivity (Wildman–Crippen MR) is 97.3 cm³/mol. The summed E-state index contributed by atoms with van der Waals surface area (Å²) in [5.74, 6) is -0.729. The second-order valence-corrected chi connectivity index (χ2v) is 5.23. The van der Waals surface area contributed by atoms with Crippen LogP contribution in [0.3, 0.4) is 0 Å². The minimum atomic E-state index is -0.936. The molecular formula is C20H20ClNO4. The number of aliphatic hydroxyl groups is 1. The van der Waals surface area contributed by atoms with Crippen molar-refractivity contribution in [3.05, 3.63) is 71.4 Å². The Morgan fingerprint density at radius 3 is 2.31 bits per heavy atom. The molecule has 1 heterocycles. The summed E-state index contributed by atoms with van der Waals surface area (Å²) in [5.41, 5.74) is 2.69. The maximum Gasteiger partial charge on any atom is 0.335 e. The van der Waals surface area contributed by atoms with Crippen LogP contribution in [0.2, 0.25) is 0 Å². The number of para-hydroxylation sites is 1. The van der Waals surface area contributed by atoms with Gasteiger partial charge in [-0.3, -0.25) is 0 Å². The lowest BCUT2D eigenvalue weighted by Crippen LogP contribution is -3.00. The molecule has 5 nitrogen and oxygen atoms in total. The van der Waals surface area contributed by atoms with E-state index in [1.165, 1.54) is 0 Å². The molecule has 0 atom stereocenters. The smallest absolute Gasteiger partial charge is 0.335 e. The van der Waals surface area contributed by atoms with Crippen molar-refractivity contribution in [1.29, 1.82) is 0 Å². The number of pyridine rings is 1. The van der Waals surface area contributed by atoms with Gasteiger partial charge in [0.25, 0.3) is 5.52 Å². The molecule has 0 fully saturated rings. The Morgan fingerprint density at radius 1 is 1.04 bits per heavy atom. The van der Waals surface area contributed by atoms with Crippen LogP contribution in [-0.4, -0.2) is 27.9 Å². The van der Waals surface area contributed by atoms with E-state index in [2.05, 4.69) is 4.98 Å². The molecule has 3 rings (SSSR count). The Labute approximate surface area is 157 Å². The molecule has 0 amide bonds. The largest absolute Gasteiger partial charge is 1.00 e. The molecule has 3 aromatic rings. The van der Waals surface area contributed by atoms with Crippen molar-refractivity contribution in [2.45, 2.75) is 6.92 Å². The summed E-state index contributed by atoms with van der Waals surface area (Å²) in [5, 5.41) is 27.2. The van der Waals surface area contributed by atoms with E-state index in [1.54, 1.807) is 43.3 Å². The van der Waals surface area contributed by atoms with Gasteiger partial charge in [-0.2, -0.15) is 0 Å². The van der Waals surface area contributed by atoms with E-state index in [1.807, 2.05) is 30.4 Å². The van der Waals surface area contributed by atoms with Crippen molar-refractivity contribution in [2.24, 2.45) is 0 Å². The van der Waals surface area contributed by atoms with E-state index < -0.39 is 5.97 Å². The number of benzene rings is 2. The number of aromatic nitrogens is 1. The van der Waals surface area contributed by atoms with Crippen LogP contribution >= 0.6 is 0 Å². The number of aromatic hydroxyl groups is 1. The van der Waals surface area contributed by atoms with Crippen molar-refractivity contribution in [2.75, 3.05) is 6.61 Å². The highest BCUT2D eigenvalue weighted by molar-refractivity contribution is 5.88. The molecule has 0 spiro atoms. The summed E-state index contributed by atoms with van der Waals surface area (Å²) in [4.78, 5) is 14.0. The molecule has 26 heavy (non-hydrogen) atoms. The number of hydrogen-bond donors (Lipinski definition) is 3. The lowest BCUT2D eigenvalue weighted by atomic mass is 10.1. The number of aliphatic hydroxyl groups excluding tert-OH is 1. The number of phenols is 1. The fourth-order valence-corrected chi connectivity index (χ4v) is 2.22. The van der Waals surface area contributed by atoms with Crippen molar-refractivity contribution in [3.8, 4) is 5.75 Å². The number of H-pyrrole nitrogens is 1. The zero-order chi connectivity index (χ0) is 18.2. The summed E-state index contributed by atoms with van der Waals surface area (Å²) in [6.07, 6.45) is 3.75. The highest BCUT2D eigenvalue weighted by Gasteiger charge is 2.07. The first-order valence-electron chi connectivity index (χ1n) is 7.81. The van der Waals surface area contributed by atoms with Gasteiger partial charge in [0.05, 0.1) is 10.9 Å². The quantitative estimate of drug-likeness (QED) is 0.613. The highest BCUT2D eigenvalue weighted by Crippen LogP contribution is 2.20. The summed E-state index contributed by atoms with van der Waals surface area (Å²) in [6, 6.07) is 15.8. The van der Waals surface area contributed by atoms with E-state index in [0.717, 1.165) is 16.6 Å². The average molecular weight is 374 g/mol. The minimum Gasteiger partial charge on any atom is -1.00 e. The van der Waals surface area contributed by atoms with E-state index >= 15 is 0 Å². The highest BCUT2D eigenvalue weighted by atomic mass is 35.5. The van der Waals surface area contributed by atoms with Gasteiger partial charge in [-0.1, -0.05) is 18.2 Å². The average Bonchev–Trinajstić information content (AvgIpc) is 2.61. The number of rotatable bonds is 3. The number of carbonyl (C=O) groups is 1. The Bertz CT molecular complexity index is 892. The van der Waals surface area contributed by atoms with E-state index in [4.69, 9.17) is 10.2 Å². The lowest BCUT2D eigenvalue weighted by Gasteiger charge is -1.97. The predicted octanol–water partition coefficient (Wildman–Crippen LogP) is 0.231. The molecule has 0 aliphatic heterocycles. The maximum atomic E-state index is 10.8. The molecule has 0 saturated heterocycles. The fraction of sp³-hybridized carbons (Fsp3) is 0.100.